The van der Waals surface area contributed by atoms with E-state index in [0.29, 0.717) is 0 Å². The van der Waals surface area contributed by atoms with E-state index in [1.807, 2.05) is 52.8 Å². The van der Waals surface area contributed by atoms with E-state index in [1.165, 1.54) is 0 Å². The van der Waals surface area contributed by atoms with Crippen LogP contribution in [0.15, 0.2) is 36.5 Å². The van der Waals surface area contributed by atoms with Crippen LogP contribution in [-0.4, -0.2) is 28.3 Å². The Bertz CT molecular complexity index is 661. The van der Waals surface area contributed by atoms with E-state index in [1.54, 1.807) is 12.3 Å². The van der Waals surface area contributed by atoms with Gasteiger partial charge in [-0.05, 0) is 39.2 Å². The van der Waals surface area contributed by atoms with Crippen molar-refractivity contribution in [3.05, 3.63) is 48.0 Å². The first-order chi connectivity index (χ1) is 10.7. The smallest absolute Gasteiger partial charge is 0.399 e. The summed E-state index contributed by atoms with van der Waals surface area (Å²) in [6.45, 7) is 14.1. The lowest BCUT2D eigenvalue weighted by molar-refractivity contribution is 0.00578. The SMILES string of the molecule is C=C(C=CC(C)c1ccnc(C#N)n1)B1OC(C)(C)C(C)(C)O1. The normalized spacial score (nSPS) is 20.4. The third kappa shape index (κ3) is 3.69. The van der Waals surface area contributed by atoms with Gasteiger partial charge < -0.3 is 9.31 Å². The van der Waals surface area contributed by atoms with Crippen LogP contribution in [0.3, 0.4) is 0 Å². The molecule has 1 saturated heterocycles. The zero-order chi connectivity index (χ0) is 17.3. The third-order valence-electron chi connectivity index (χ3n) is 4.40. The Morgan fingerprint density at radius 1 is 1.35 bits per heavy atom. The summed E-state index contributed by atoms with van der Waals surface area (Å²) in [6, 6.07) is 3.75. The number of nitriles is 1. The first-order valence-electron chi connectivity index (χ1n) is 7.62. The minimum absolute atomic E-state index is 0.0317. The Hall–Kier alpha value is -1.97. The Kier molecular flexibility index (Phi) is 4.74. The largest absolute Gasteiger partial charge is 0.494 e. The number of hydrogen-bond acceptors (Lipinski definition) is 5. The maximum Gasteiger partial charge on any atom is 0.494 e. The van der Waals surface area contributed by atoms with E-state index in [0.717, 1.165) is 11.2 Å². The quantitative estimate of drug-likeness (QED) is 0.631. The predicted octanol–water partition coefficient (Wildman–Crippen LogP) is 3.20. The van der Waals surface area contributed by atoms with E-state index >= 15 is 0 Å². The van der Waals surface area contributed by atoms with Crippen molar-refractivity contribution >= 4 is 7.12 Å². The Balaban J connectivity index is 2.06. The highest BCUT2D eigenvalue weighted by atomic mass is 16.7. The van der Waals surface area contributed by atoms with Crippen LogP contribution in [-0.2, 0) is 9.31 Å². The molecule has 5 nitrogen and oxygen atoms in total. The van der Waals surface area contributed by atoms with Gasteiger partial charge in [-0.15, -0.1) is 0 Å². The van der Waals surface area contributed by atoms with Gasteiger partial charge in [-0.3, -0.25) is 0 Å². The van der Waals surface area contributed by atoms with Crippen molar-refractivity contribution < 1.29 is 9.31 Å². The average Bonchev–Trinajstić information content (AvgIpc) is 2.72. The molecule has 0 saturated carbocycles. The van der Waals surface area contributed by atoms with Gasteiger partial charge in [-0.2, -0.15) is 5.26 Å². The van der Waals surface area contributed by atoms with Gasteiger partial charge in [0.15, 0.2) is 0 Å². The van der Waals surface area contributed by atoms with Gasteiger partial charge >= 0.3 is 7.12 Å². The van der Waals surface area contributed by atoms with Gasteiger partial charge in [-0.1, -0.05) is 25.7 Å². The van der Waals surface area contributed by atoms with Crippen molar-refractivity contribution in [2.75, 3.05) is 0 Å². The molecule has 1 fully saturated rings. The molecular weight excluding hydrogens is 289 g/mol. The van der Waals surface area contributed by atoms with Crippen molar-refractivity contribution in [3.63, 3.8) is 0 Å². The van der Waals surface area contributed by atoms with Gasteiger partial charge in [0.1, 0.15) is 6.07 Å². The zero-order valence-corrected chi connectivity index (χ0v) is 14.3. The second kappa shape index (κ2) is 6.27. The molecule has 6 heteroatoms. The van der Waals surface area contributed by atoms with E-state index in [2.05, 4.69) is 16.5 Å². The number of allylic oxidation sites excluding steroid dienone is 3. The summed E-state index contributed by atoms with van der Waals surface area (Å²) in [4.78, 5) is 8.07. The van der Waals surface area contributed by atoms with Crippen molar-refractivity contribution in [1.82, 2.24) is 9.97 Å². The van der Waals surface area contributed by atoms with Crippen LogP contribution in [0.1, 0.15) is 52.1 Å². The third-order valence-corrected chi connectivity index (χ3v) is 4.40. The van der Waals surface area contributed by atoms with Crippen LogP contribution in [0.5, 0.6) is 0 Å². The fraction of sp³-hybridized carbons (Fsp3) is 0.471. The molecule has 0 spiro atoms. The fourth-order valence-electron chi connectivity index (χ4n) is 2.12. The summed E-state index contributed by atoms with van der Waals surface area (Å²) in [5.74, 6) is 0.205. The highest BCUT2D eigenvalue weighted by molar-refractivity contribution is 6.55. The molecule has 1 aliphatic heterocycles. The lowest BCUT2D eigenvalue weighted by atomic mass is 9.79. The maximum absolute atomic E-state index is 8.86. The van der Waals surface area contributed by atoms with Crippen LogP contribution < -0.4 is 0 Å². The second-order valence-electron chi connectivity index (χ2n) is 6.73. The van der Waals surface area contributed by atoms with Crippen molar-refractivity contribution in [2.24, 2.45) is 0 Å². The molecule has 0 aromatic carbocycles. The van der Waals surface area contributed by atoms with Gasteiger partial charge in [0.25, 0.3) is 0 Å². The fourth-order valence-corrected chi connectivity index (χ4v) is 2.12. The number of aromatic nitrogens is 2. The van der Waals surface area contributed by atoms with E-state index in [-0.39, 0.29) is 22.9 Å². The maximum atomic E-state index is 8.86. The summed E-state index contributed by atoms with van der Waals surface area (Å²) in [6.07, 6.45) is 5.45. The highest BCUT2D eigenvalue weighted by Gasteiger charge is 2.51. The van der Waals surface area contributed by atoms with E-state index in [9.17, 15) is 0 Å². The number of nitrogens with zero attached hydrogens (tertiary/aromatic N) is 3. The molecule has 0 bridgehead atoms. The molecule has 0 N–H and O–H groups in total. The van der Waals surface area contributed by atoms with Gasteiger partial charge in [0.2, 0.25) is 5.82 Å². The zero-order valence-electron chi connectivity index (χ0n) is 14.3. The topological polar surface area (TPSA) is 68.0 Å². The van der Waals surface area contributed by atoms with E-state index in [4.69, 9.17) is 14.6 Å². The molecule has 23 heavy (non-hydrogen) atoms. The average molecular weight is 311 g/mol. The summed E-state index contributed by atoms with van der Waals surface area (Å²) in [5.41, 5.74) is 0.780. The van der Waals surface area contributed by atoms with Crippen LogP contribution in [0.4, 0.5) is 0 Å². The first kappa shape index (κ1) is 17.4. The van der Waals surface area contributed by atoms with Crippen molar-refractivity contribution in [1.29, 1.82) is 5.26 Å². The summed E-state index contributed by atoms with van der Waals surface area (Å²) in [5, 5.41) is 8.86. The monoisotopic (exact) mass is 311 g/mol. The van der Waals surface area contributed by atoms with Crippen LogP contribution in [0, 0.1) is 11.3 Å². The molecule has 1 aromatic rings. The number of rotatable bonds is 4. The van der Waals surface area contributed by atoms with E-state index < -0.39 is 7.12 Å². The molecule has 0 aliphatic carbocycles. The molecule has 1 aromatic heterocycles. The molecule has 1 atom stereocenters. The lowest BCUT2D eigenvalue weighted by Gasteiger charge is -2.32. The van der Waals surface area contributed by atoms with Crippen LogP contribution in [0.2, 0.25) is 0 Å². The predicted molar refractivity (Wildman–Crippen MR) is 89.5 cm³/mol. The molecule has 2 rings (SSSR count). The second-order valence-corrected chi connectivity index (χ2v) is 6.73. The Labute approximate surface area is 138 Å². The Morgan fingerprint density at radius 3 is 2.52 bits per heavy atom. The minimum Gasteiger partial charge on any atom is -0.399 e. The first-order valence-corrected chi connectivity index (χ1v) is 7.62. The lowest BCUT2D eigenvalue weighted by Crippen LogP contribution is -2.41. The van der Waals surface area contributed by atoms with Gasteiger partial charge in [0, 0.05) is 12.1 Å². The molecule has 2 heterocycles. The summed E-state index contributed by atoms with van der Waals surface area (Å²) in [7, 11) is -0.455. The highest BCUT2D eigenvalue weighted by Crippen LogP contribution is 2.38. The standard InChI is InChI=1S/C17H22BN3O2/c1-12(14-9-10-20-15(11-19)21-14)7-8-13(2)18-22-16(3,4)17(5,6)23-18/h7-10,12H,2H2,1,3-6H3. The van der Waals surface area contributed by atoms with Gasteiger partial charge in [-0.25, -0.2) is 9.97 Å². The molecule has 1 unspecified atom stereocenters. The number of hydrogen-bond donors (Lipinski definition) is 0. The molecule has 0 amide bonds. The van der Waals surface area contributed by atoms with Gasteiger partial charge in [0.05, 0.1) is 16.9 Å². The Morgan fingerprint density at radius 2 is 1.96 bits per heavy atom. The molecule has 0 radical (unpaired) electrons. The molecule has 120 valence electrons. The molecule has 1 aliphatic rings. The summed E-state index contributed by atoms with van der Waals surface area (Å²) < 4.78 is 11.9. The van der Waals surface area contributed by atoms with Crippen molar-refractivity contribution in [2.45, 2.75) is 51.7 Å². The van der Waals surface area contributed by atoms with Crippen LogP contribution in [0.25, 0.3) is 0 Å². The van der Waals surface area contributed by atoms with Crippen LogP contribution >= 0.6 is 0 Å². The molecular formula is C17H22BN3O2. The van der Waals surface area contributed by atoms with Crippen molar-refractivity contribution in [3.8, 4) is 6.07 Å². The minimum atomic E-state index is -0.455. The summed E-state index contributed by atoms with van der Waals surface area (Å²) >= 11 is 0.